The van der Waals surface area contributed by atoms with Gasteiger partial charge in [-0.2, -0.15) is 0 Å². The van der Waals surface area contributed by atoms with Gasteiger partial charge in [-0.05, 0) is 18.2 Å². The molecule has 0 fully saturated rings. The predicted molar refractivity (Wildman–Crippen MR) is 69.9 cm³/mol. The summed E-state index contributed by atoms with van der Waals surface area (Å²) in [5.74, 6) is 1.31. The summed E-state index contributed by atoms with van der Waals surface area (Å²) in [7, 11) is 1.61. The largest absolute Gasteiger partial charge is 0.495 e. The number of para-hydroxylation sites is 2. The molecule has 0 amide bonds. The van der Waals surface area contributed by atoms with Gasteiger partial charge in [0.05, 0.1) is 12.8 Å². The Morgan fingerprint density at radius 2 is 2.06 bits per heavy atom. The summed E-state index contributed by atoms with van der Waals surface area (Å²) in [6.07, 6.45) is 0. The highest BCUT2D eigenvalue weighted by atomic mass is 35.5. The minimum atomic E-state index is 0.349. The Morgan fingerprint density at radius 3 is 2.76 bits per heavy atom. The number of methoxy groups -OCH3 is 1. The fourth-order valence-electron chi connectivity index (χ4n) is 1.47. The smallest absolute Gasteiger partial charge is 0.142 e. The first-order valence-corrected chi connectivity index (χ1v) is 5.40. The number of halogens is 1. The number of nitrogens with two attached hydrogens (primary N) is 1. The van der Waals surface area contributed by atoms with Gasteiger partial charge < -0.3 is 15.8 Å². The van der Waals surface area contributed by atoms with Gasteiger partial charge in [-0.15, -0.1) is 0 Å². The molecular weight excluding hydrogens is 238 g/mol. The molecule has 0 bridgehead atoms. The van der Waals surface area contributed by atoms with Crippen LogP contribution in [-0.2, 0) is 0 Å². The predicted octanol–water partition coefficient (Wildman–Crippen LogP) is 3.07. The second-order valence-corrected chi connectivity index (χ2v) is 3.82. The number of rotatable bonds is 3. The maximum absolute atomic E-state index is 5.83. The van der Waals surface area contributed by atoms with Crippen molar-refractivity contribution >= 4 is 28.8 Å². The zero-order valence-electron chi connectivity index (χ0n) is 9.27. The first-order valence-electron chi connectivity index (χ1n) is 5.02. The fourth-order valence-corrected chi connectivity index (χ4v) is 1.68. The van der Waals surface area contributed by atoms with Crippen molar-refractivity contribution in [2.45, 2.75) is 0 Å². The number of hydrogen-bond donors (Lipinski definition) is 2. The molecular formula is C12H12ClN3O. The van der Waals surface area contributed by atoms with Gasteiger partial charge in [-0.1, -0.05) is 23.7 Å². The number of benzene rings is 1. The molecule has 17 heavy (non-hydrogen) atoms. The molecule has 1 aromatic heterocycles. The Hall–Kier alpha value is -1.94. The van der Waals surface area contributed by atoms with E-state index in [9.17, 15) is 0 Å². The second-order valence-electron chi connectivity index (χ2n) is 3.43. The first kappa shape index (κ1) is 11.5. The average Bonchev–Trinajstić information content (AvgIpc) is 2.28. The van der Waals surface area contributed by atoms with E-state index in [-0.39, 0.29) is 0 Å². The Labute approximate surface area is 104 Å². The van der Waals surface area contributed by atoms with E-state index in [4.69, 9.17) is 22.1 Å². The van der Waals surface area contributed by atoms with Gasteiger partial charge >= 0.3 is 0 Å². The van der Waals surface area contributed by atoms with E-state index in [2.05, 4.69) is 10.3 Å². The molecule has 0 radical (unpaired) electrons. The number of anilines is 3. The number of nitrogens with one attached hydrogen (secondary N) is 1. The Bertz CT molecular complexity index is 511. The van der Waals surface area contributed by atoms with Gasteiger partial charge in [-0.25, -0.2) is 4.98 Å². The van der Waals surface area contributed by atoms with E-state index in [1.807, 2.05) is 24.3 Å². The molecule has 5 heteroatoms. The molecule has 1 heterocycles. The summed E-state index contributed by atoms with van der Waals surface area (Å²) in [6.45, 7) is 0. The van der Waals surface area contributed by atoms with E-state index in [1.54, 1.807) is 19.2 Å². The van der Waals surface area contributed by atoms with Crippen LogP contribution in [0.3, 0.4) is 0 Å². The number of hydrogen-bond acceptors (Lipinski definition) is 4. The lowest BCUT2D eigenvalue weighted by molar-refractivity contribution is 0.417. The zero-order chi connectivity index (χ0) is 12.3. The lowest BCUT2D eigenvalue weighted by Crippen LogP contribution is -1.98. The molecule has 2 rings (SSSR count). The summed E-state index contributed by atoms with van der Waals surface area (Å²) < 4.78 is 5.22. The lowest BCUT2D eigenvalue weighted by atomic mass is 10.3. The molecule has 0 aliphatic rings. The zero-order valence-corrected chi connectivity index (χ0v) is 10.0. The summed E-state index contributed by atoms with van der Waals surface area (Å²) in [4.78, 5) is 4.12. The van der Waals surface area contributed by atoms with Gasteiger partial charge in [0, 0.05) is 11.8 Å². The molecule has 1 aromatic carbocycles. The van der Waals surface area contributed by atoms with Crippen LogP contribution >= 0.6 is 11.6 Å². The standard InChI is InChI=1S/C12H12ClN3O/c1-17-10-5-3-2-4-9(10)15-12-7-8(14)6-11(13)16-12/h2-7H,1H3,(H3,14,15,16). The van der Waals surface area contributed by atoms with Crippen LogP contribution in [0.5, 0.6) is 5.75 Å². The second kappa shape index (κ2) is 4.93. The van der Waals surface area contributed by atoms with Crippen molar-refractivity contribution in [3.63, 3.8) is 0 Å². The topological polar surface area (TPSA) is 60.2 Å². The quantitative estimate of drug-likeness (QED) is 0.821. The molecule has 0 aliphatic heterocycles. The molecule has 0 saturated carbocycles. The Morgan fingerprint density at radius 1 is 1.29 bits per heavy atom. The molecule has 0 spiro atoms. The summed E-state index contributed by atoms with van der Waals surface area (Å²) in [5.41, 5.74) is 7.06. The van der Waals surface area contributed by atoms with Gasteiger partial charge in [0.25, 0.3) is 0 Å². The molecule has 3 N–H and O–H groups in total. The highest BCUT2D eigenvalue weighted by molar-refractivity contribution is 6.29. The highest BCUT2D eigenvalue weighted by Gasteiger charge is 2.04. The van der Waals surface area contributed by atoms with Crippen molar-refractivity contribution in [2.24, 2.45) is 0 Å². The maximum atomic E-state index is 5.83. The van der Waals surface area contributed by atoms with Crippen molar-refractivity contribution in [1.82, 2.24) is 4.98 Å². The van der Waals surface area contributed by atoms with E-state index in [1.165, 1.54) is 0 Å². The monoisotopic (exact) mass is 249 g/mol. The van der Waals surface area contributed by atoms with Crippen molar-refractivity contribution in [3.8, 4) is 5.75 Å². The number of nitrogens with zero attached hydrogens (tertiary/aromatic N) is 1. The van der Waals surface area contributed by atoms with Crippen molar-refractivity contribution < 1.29 is 4.74 Å². The molecule has 0 atom stereocenters. The van der Waals surface area contributed by atoms with E-state index >= 15 is 0 Å². The Kier molecular flexibility index (Phi) is 3.35. The van der Waals surface area contributed by atoms with Crippen LogP contribution in [0.15, 0.2) is 36.4 Å². The fraction of sp³-hybridized carbons (Fsp3) is 0.0833. The summed E-state index contributed by atoms with van der Waals surface area (Å²) in [5, 5.41) is 3.45. The number of ether oxygens (including phenoxy) is 1. The van der Waals surface area contributed by atoms with Crippen LogP contribution in [0.25, 0.3) is 0 Å². The number of nitrogen functional groups attached to an aromatic ring is 1. The maximum Gasteiger partial charge on any atom is 0.142 e. The Balaban J connectivity index is 2.31. The summed E-state index contributed by atoms with van der Waals surface area (Å²) >= 11 is 5.83. The lowest BCUT2D eigenvalue weighted by Gasteiger charge is -2.10. The minimum Gasteiger partial charge on any atom is -0.495 e. The van der Waals surface area contributed by atoms with Crippen LogP contribution in [-0.4, -0.2) is 12.1 Å². The van der Waals surface area contributed by atoms with E-state index in [0.29, 0.717) is 16.7 Å². The average molecular weight is 250 g/mol. The van der Waals surface area contributed by atoms with Crippen LogP contribution in [0.2, 0.25) is 5.15 Å². The van der Waals surface area contributed by atoms with Crippen LogP contribution in [0.4, 0.5) is 17.2 Å². The molecule has 0 saturated heterocycles. The van der Waals surface area contributed by atoms with Crippen molar-refractivity contribution in [2.75, 3.05) is 18.2 Å². The van der Waals surface area contributed by atoms with Gasteiger partial charge in [-0.3, -0.25) is 0 Å². The molecule has 0 unspecified atom stereocenters. The third-order valence-corrected chi connectivity index (χ3v) is 2.38. The molecule has 4 nitrogen and oxygen atoms in total. The van der Waals surface area contributed by atoms with Crippen LogP contribution < -0.4 is 15.8 Å². The van der Waals surface area contributed by atoms with Gasteiger partial charge in [0.1, 0.15) is 16.7 Å². The highest BCUT2D eigenvalue weighted by Crippen LogP contribution is 2.27. The van der Waals surface area contributed by atoms with Crippen LogP contribution in [0.1, 0.15) is 0 Å². The molecule has 88 valence electrons. The third-order valence-electron chi connectivity index (χ3n) is 2.19. The number of aromatic nitrogens is 1. The van der Waals surface area contributed by atoms with Gasteiger partial charge in [0.2, 0.25) is 0 Å². The molecule has 2 aromatic rings. The van der Waals surface area contributed by atoms with Gasteiger partial charge in [0.15, 0.2) is 0 Å². The van der Waals surface area contributed by atoms with Crippen molar-refractivity contribution in [3.05, 3.63) is 41.6 Å². The minimum absolute atomic E-state index is 0.349. The summed E-state index contributed by atoms with van der Waals surface area (Å²) in [6, 6.07) is 10.8. The normalized spacial score (nSPS) is 10.0. The molecule has 0 aliphatic carbocycles. The first-order chi connectivity index (χ1) is 8.19. The van der Waals surface area contributed by atoms with Crippen molar-refractivity contribution in [1.29, 1.82) is 0 Å². The van der Waals surface area contributed by atoms with Crippen LogP contribution in [0, 0.1) is 0 Å². The van der Waals surface area contributed by atoms with E-state index in [0.717, 1.165) is 11.4 Å². The third kappa shape index (κ3) is 2.79. The number of pyridine rings is 1. The SMILES string of the molecule is COc1ccccc1Nc1cc(N)cc(Cl)n1. The van der Waals surface area contributed by atoms with E-state index < -0.39 is 0 Å².